The molecule has 0 aromatic carbocycles. The van der Waals surface area contributed by atoms with E-state index in [-0.39, 0.29) is 11.5 Å². The highest BCUT2D eigenvalue weighted by Gasteiger charge is 2.50. The van der Waals surface area contributed by atoms with Crippen molar-refractivity contribution in [1.29, 1.82) is 0 Å². The van der Waals surface area contributed by atoms with E-state index in [0.29, 0.717) is 0 Å². The Kier molecular flexibility index (Phi) is 5.99. The number of hydrogen-bond acceptors (Lipinski definition) is 8. The van der Waals surface area contributed by atoms with Crippen LogP contribution < -0.4 is 5.11 Å². The van der Waals surface area contributed by atoms with E-state index in [1.54, 1.807) is 0 Å². The molecule has 9 heteroatoms. The average molecular weight is 298 g/mol. The van der Waals surface area contributed by atoms with Gasteiger partial charge in [-0.15, -0.1) is 0 Å². The summed E-state index contributed by atoms with van der Waals surface area (Å²) in [6, 6.07) is 0. The topological polar surface area (TPSA) is 162 Å². The van der Waals surface area contributed by atoms with E-state index in [1.165, 1.54) is 0 Å². The fourth-order valence-electron chi connectivity index (χ4n) is 1.96. The molecule has 0 bridgehead atoms. The molecule has 0 amide bonds. The first kappa shape index (κ1) is 16.6. The first-order chi connectivity index (χ1) is 8.79. The average Bonchev–Trinajstić information content (AvgIpc) is 2.62. The van der Waals surface area contributed by atoms with Crippen LogP contribution in [0.3, 0.4) is 0 Å². The normalized spacial score (nSPS) is 35.9. The summed E-state index contributed by atoms with van der Waals surface area (Å²) in [5.41, 5.74) is 0. The predicted molar refractivity (Wildman–Crippen MR) is 63.0 cm³/mol. The van der Waals surface area contributed by atoms with Gasteiger partial charge in [-0.25, -0.2) is 0 Å². The Morgan fingerprint density at radius 2 is 1.89 bits per heavy atom. The highest BCUT2D eigenvalue weighted by Crippen LogP contribution is 2.25. The molecule has 1 aliphatic rings. The van der Waals surface area contributed by atoms with Crippen molar-refractivity contribution in [2.75, 3.05) is 18.1 Å². The number of carboxylic acids is 1. The molecule has 1 aliphatic heterocycles. The van der Waals surface area contributed by atoms with E-state index >= 15 is 0 Å². The molecule has 1 saturated heterocycles. The summed E-state index contributed by atoms with van der Waals surface area (Å²) in [5.74, 6) is -1.90. The molecule has 0 aromatic rings. The van der Waals surface area contributed by atoms with Crippen LogP contribution >= 0.6 is 0 Å². The van der Waals surface area contributed by atoms with Crippen molar-refractivity contribution >= 4 is 16.9 Å². The summed E-state index contributed by atoms with van der Waals surface area (Å²) in [5, 5.41) is 66.0. The predicted octanol–water partition coefficient (Wildman–Crippen LogP) is -5.47. The maximum absolute atomic E-state index is 10.4. The van der Waals surface area contributed by atoms with E-state index in [4.69, 9.17) is 10.2 Å². The van der Waals surface area contributed by atoms with Crippen molar-refractivity contribution in [2.24, 2.45) is 0 Å². The van der Waals surface area contributed by atoms with Gasteiger partial charge in [0, 0.05) is 10.9 Å². The molecule has 1 unspecified atom stereocenters. The largest absolute Gasteiger partial charge is 0.547 e. The quantitative estimate of drug-likeness (QED) is 0.265. The van der Waals surface area contributed by atoms with Gasteiger partial charge >= 0.3 is 0 Å². The van der Waals surface area contributed by atoms with E-state index in [9.17, 15) is 30.3 Å². The number of hydrogen-bond donors (Lipinski definition) is 6. The molecule has 1 heterocycles. The molecule has 0 saturated carbocycles. The number of carbonyl (C=O) groups is 1. The Morgan fingerprint density at radius 3 is 2.37 bits per heavy atom. The summed E-state index contributed by atoms with van der Waals surface area (Å²) in [6.07, 6.45) is -7.85. The lowest BCUT2D eigenvalue weighted by Crippen LogP contribution is -2.51. The van der Waals surface area contributed by atoms with Gasteiger partial charge in [-0.2, -0.15) is 0 Å². The van der Waals surface area contributed by atoms with Crippen LogP contribution in [0.15, 0.2) is 0 Å². The van der Waals surface area contributed by atoms with Crippen LogP contribution in [-0.4, -0.2) is 90.5 Å². The second-order valence-electron chi connectivity index (χ2n) is 4.47. The monoisotopic (exact) mass is 298 g/mol. The second kappa shape index (κ2) is 6.84. The maximum atomic E-state index is 10.4. The van der Waals surface area contributed by atoms with Gasteiger partial charge in [-0.3, -0.25) is 0 Å². The minimum Gasteiger partial charge on any atom is -0.547 e. The number of carboxylic acid groups (broad SMARTS) is 1. The number of aliphatic carboxylic acids is 1. The van der Waals surface area contributed by atoms with Gasteiger partial charge in [0.15, 0.2) is 5.25 Å². The van der Waals surface area contributed by atoms with Crippen molar-refractivity contribution < 1.29 is 40.5 Å². The van der Waals surface area contributed by atoms with E-state index in [0.717, 1.165) is 0 Å². The van der Waals surface area contributed by atoms with Gasteiger partial charge in [-0.1, -0.05) is 0 Å². The van der Waals surface area contributed by atoms with Crippen LogP contribution in [0.4, 0.5) is 0 Å². The van der Waals surface area contributed by atoms with Gasteiger partial charge < -0.3 is 40.5 Å². The summed E-state index contributed by atoms with van der Waals surface area (Å²) in [7, 11) is -0.790. The Bertz CT molecular complexity index is 314. The van der Waals surface area contributed by atoms with Gasteiger partial charge in [0.2, 0.25) is 0 Å². The molecule has 1 rings (SSSR count). The highest BCUT2D eigenvalue weighted by molar-refractivity contribution is 7.97. The molecule has 0 aliphatic carbocycles. The molecular weight excluding hydrogens is 280 g/mol. The summed E-state index contributed by atoms with van der Waals surface area (Å²) in [6.45, 7) is -0.396. The van der Waals surface area contributed by atoms with Crippen LogP contribution in [0.1, 0.15) is 0 Å². The lowest BCUT2D eigenvalue weighted by atomic mass is 10.1. The lowest BCUT2D eigenvalue weighted by molar-refractivity contribution is -0.319. The third-order valence-electron chi connectivity index (χ3n) is 3.11. The number of aliphatic hydroxyl groups excluding tert-OH is 6. The fraction of sp³-hybridized carbons (Fsp3) is 0.900. The van der Waals surface area contributed by atoms with Crippen molar-refractivity contribution in [3.8, 4) is 0 Å². The molecule has 6 N–H and O–H groups in total. The number of carbonyl (C=O) groups excluding carboxylic acids is 1. The van der Waals surface area contributed by atoms with Crippen molar-refractivity contribution in [2.45, 2.75) is 35.8 Å². The van der Waals surface area contributed by atoms with E-state index in [2.05, 4.69) is 0 Å². The standard InChI is InChI=1S/C10H18O8S/c11-1-6-7(14)4(12)2-19(6)3-5(13)8(15)9(16)10(17)18/h4-9,11-16H,1-3H2/t4-,5+,6-,7+,8+,9+,19?/m0/s1. The Morgan fingerprint density at radius 1 is 1.32 bits per heavy atom. The third kappa shape index (κ3) is 3.78. The number of aliphatic hydroxyl groups is 6. The molecule has 0 aromatic heterocycles. The molecular formula is C10H18O8S. The lowest BCUT2D eigenvalue weighted by Gasteiger charge is -2.23. The van der Waals surface area contributed by atoms with Gasteiger partial charge in [0.1, 0.15) is 42.0 Å². The highest BCUT2D eigenvalue weighted by atomic mass is 32.2. The SMILES string of the molecule is O=C([O-])[C@H](O)[C@H](O)[C@H](O)C[S+]1C[C@H](O)[C@@H](O)[C@@H]1CO. The second-order valence-corrected chi connectivity index (χ2v) is 6.82. The van der Waals surface area contributed by atoms with Crippen molar-refractivity contribution in [1.82, 2.24) is 0 Å². The van der Waals surface area contributed by atoms with Crippen molar-refractivity contribution in [3.63, 3.8) is 0 Å². The minimum absolute atomic E-state index is 0.134. The van der Waals surface area contributed by atoms with Crippen LogP contribution in [0.25, 0.3) is 0 Å². The Balaban J connectivity index is 2.61. The molecule has 7 atom stereocenters. The fourth-order valence-corrected chi connectivity index (χ4v) is 4.65. The molecule has 8 nitrogen and oxygen atoms in total. The smallest absolute Gasteiger partial charge is 0.169 e. The summed E-state index contributed by atoms with van der Waals surface area (Å²) < 4.78 is 0. The molecule has 0 spiro atoms. The van der Waals surface area contributed by atoms with Crippen LogP contribution in [0.5, 0.6) is 0 Å². The van der Waals surface area contributed by atoms with Gasteiger partial charge in [0.05, 0.1) is 12.6 Å². The molecule has 1 fully saturated rings. The van der Waals surface area contributed by atoms with Crippen LogP contribution in [0.2, 0.25) is 0 Å². The Hall–Kier alpha value is -0.420. The first-order valence-electron chi connectivity index (χ1n) is 5.68. The van der Waals surface area contributed by atoms with E-state index < -0.39 is 59.2 Å². The maximum Gasteiger partial charge on any atom is 0.169 e. The summed E-state index contributed by atoms with van der Waals surface area (Å²) in [4.78, 5) is 10.4. The third-order valence-corrected chi connectivity index (χ3v) is 5.94. The zero-order chi connectivity index (χ0) is 14.7. The van der Waals surface area contributed by atoms with E-state index in [1.807, 2.05) is 0 Å². The zero-order valence-electron chi connectivity index (χ0n) is 9.99. The van der Waals surface area contributed by atoms with Crippen LogP contribution in [0, 0.1) is 0 Å². The number of rotatable bonds is 6. The van der Waals surface area contributed by atoms with Gasteiger partial charge in [-0.05, 0) is 0 Å². The van der Waals surface area contributed by atoms with Crippen LogP contribution in [-0.2, 0) is 15.7 Å². The molecule has 0 radical (unpaired) electrons. The Labute approximate surface area is 112 Å². The summed E-state index contributed by atoms with van der Waals surface area (Å²) >= 11 is 0. The minimum atomic E-state index is -2.22. The van der Waals surface area contributed by atoms with Crippen molar-refractivity contribution in [3.05, 3.63) is 0 Å². The molecule has 19 heavy (non-hydrogen) atoms. The first-order valence-corrected chi connectivity index (χ1v) is 7.30. The molecule has 112 valence electrons. The zero-order valence-corrected chi connectivity index (χ0v) is 10.8. The van der Waals surface area contributed by atoms with Gasteiger partial charge in [0.25, 0.3) is 0 Å².